The fourth-order valence-corrected chi connectivity index (χ4v) is 4.68. The Balaban J connectivity index is 1.20. The number of carbonyl (C=O) groups is 1. The van der Waals surface area contributed by atoms with Crippen LogP contribution in [-0.4, -0.2) is 70.3 Å². The molecule has 2 N–H and O–H groups in total. The lowest BCUT2D eigenvalue weighted by Gasteiger charge is -2.31. The number of anilines is 2. The smallest absolute Gasteiger partial charge is 0.254 e. The number of rotatable bonds is 7. The molecule has 0 spiro atoms. The minimum absolute atomic E-state index is 0.0691. The lowest BCUT2D eigenvalue weighted by atomic mass is 9.93. The van der Waals surface area contributed by atoms with Crippen LogP contribution in [0.4, 0.5) is 11.6 Å². The molecule has 5 rings (SSSR count). The number of nitrogens with zero attached hydrogens (tertiary/aromatic N) is 5. The third-order valence-corrected chi connectivity index (χ3v) is 6.53. The molecular weight excluding hydrogens is 458 g/mol. The molecule has 1 saturated heterocycles. The average molecular weight is 492 g/mol. The van der Waals surface area contributed by atoms with Gasteiger partial charge in [0.05, 0.1) is 30.4 Å². The number of fused-ring (bicyclic) bond motifs is 1. The first-order valence-electron chi connectivity index (χ1n) is 12.7. The molecule has 1 saturated carbocycles. The van der Waals surface area contributed by atoms with E-state index in [-0.39, 0.29) is 24.1 Å². The molecule has 1 aliphatic heterocycles. The van der Waals surface area contributed by atoms with Gasteiger partial charge in [0.1, 0.15) is 11.3 Å². The number of morpholine rings is 1. The number of hydrogen-bond acceptors (Lipinski definition) is 9. The summed E-state index contributed by atoms with van der Waals surface area (Å²) in [5.41, 5.74) is 3.19. The Kier molecular flexibility index (Phi) is 7.41. The molecule has 2 aromatic heterocycles. The summed E-state index contributed by atoms with van der Waals surface area (Å²) in [7, 11) is 0. The van der Waals surface area contributed by atoms with Gasteiger partial charge in [-0.3, -0.25) is 9.78 Å². The second-order valence-corrected chi connectivity index (χ2v) is 9.63. The van der Waals surface area contributed by atoms with Gasteiger partial charge in [0.15, 0.2) is 0 Å². The summed E-state index contributed by atoms with van der Waals surface area (Å²) in [5.74, 6) is 1.17. The molecular formula is C26H33N7O3. The molecule has 3 heterocycles. The number of ether oxygens (including phenoxy) is 2. The summed E-state index contributed by atoms with van der Waals surface area (Å²) >= 11 is 0. The standard InChI is InChI=1S/C26H33N7O3/c1-17(2)31-25(34)18-15-29-26(30-16-18)32-19-3-5-21(6-4-19)36-23-14-20(33-9-11-35-12-10-33)13-22-24(23)28-8-7-27-22/h7-8,13-17,19,21H,3-6,9-12H2,1-2H3,(H,31,34)(H,29,30,32). The Morgan fingerprint density at radius 1 is 1.03 bits per heavy atom. The maximum atomic E-state index is 12.1. The van der Waals surface area contributed by atoms with E-state index in [2.05, 4.69) is 47.6 Å². The van der Waals surface area contributed by atoms with Crippen LogP contribution >= 0.6 is 0 Å². The van der Waals surface area contributed by atoms with Gasteiger partial charge in [-0.2, -0.15) is 0 Å². The number of nitrogens with one attached hydrogen (secondary N) is 2. The fourth-order valence-electron chi connectivity index (χ4n) is 4.68. The minimum atomic E-state index is -0.163. The zero-order chi connectivity index (χ0) is 24.9. The van der Waals surface area contributed by atoms with Crippen molar-refractivity contribution < 1.29 is 14.3 Å². The quantitative estimate of drug-likeness (QED) is 0.514. The number of aromatic nitrogens is 4. The zero-order valence-corrected chi connectivity index (χ0v) is 20.8. The molecule has 36 heavy (non-hydrogen) atoms. The highest BCUT2D eigenvalue weighted by Crippen LogP contribution is 2.33. The summed E-state index contributed by atoms with van der Waals surface area (Å²) in [6.07, 6.45) is 10.4. The highest BCUT2D eigenvalue weighted by atomic mass is 16.5. The van der Waals surface area contributed by atoms with Crippen molar-refractivity contribution in [1.29, 1.82) is 0 Å². The van der Waals surface area contributed by atoms with Gasteiger partial charge < -0.3 is 25.0 Å². The van der Waals surface area contributed by atoms with Crippen LogP contribution in [0, 0.1) is 0 Å². The predicted octanol–water partition coefficient (Wildman–Crippen LogP) is 3.20. The first-order chi connectivity index (χ1) is 17.5. The molecule has 0 unspecified atom stereocenters. The molecule has 0 atom stereocenters. The van der Waals surface area contributed by atoms with E-state index in [4.69, 9.17) is 9.47 Å². The maximum absolute atomic E-state index is 12.1. The molecule has 0 radical (unpaired) electrons. The summed E-state index contributed by atoms with van der Waals surface area (Å²) in [6, 6.07) is 4.51. The van der Waals surface area contributed by atoms with E-state index >= 15 is 0 Å². The number of amides is 1. The summed E-state index contributed by atoms with van der Waals surface area (Å²) in [5, 5.41) is 6.25. The topological polar surface area (TPSA) is 114 Å². The van der Waals surface area contributed by atoms with Crippen molar-refractivity contribution in [3.63, 3.8) is 0 Å². The number of carbonyl (C=O) groups excluding carboxylic acids is 1. The highest BCUT2D eigenvalue weighted by molar-refractivity contribution is 5.93. The second kappa shape index (κ2) is 11.0. The van der Waals surface area contributed by atoms with Crippen molar-refractivity contribution in [3.05, 3.63) is 42.5 Å². The largest absolute Gasteiger partial charge is 0.488 e. The molecule has 1 amide bonds. The van der Waals surface area contributed by atoms with Crippen LogP contribution in [0.25, 0.3) is 11.0 Å². The second-order valence-electron chi connectivity index (χ2n) is 9.63. The Hall–Kier alpha value is -3.53. The molecule has 10 heteroatoms. The van der Waals surface area contributed by atoms with Crippen molar-refractivity contribution >= 4 is 28.6 Å². The van der Waals surface area contributed by atoms with Crippen LogP contribution in [0.3, 0.4) is 0 Å². The molecule has 1 aromatic carbocycles. The summed E-state index contributed by atoms with van der Waals surface area (Å²) in [4.78, 5) is 32.1. The molecule has 2 aliphatic rings. The number of benzene rings is 1. The van der Waals surface area contributed by atoms with E-state index in [0.717, 1.165) is 74.5 Å². The SMILES string of the molecule is CC(C)NC(=O)c1cnc(NC2CCC(Oc3cc(N4CCOCC4)cc4nccnc34)CC2)nc1. The summed E-state index contributed by atoms with van der Waals surface area (Å²) < 4.78 is 12.0. The van der Waals surface area contributed by atoms with Crippen molar-refractivity contribution in [1.82, 2.24) is 25.3 Å². The predicted molar refractivity (Wildman–Crippen MR) is 137 cm³/mol. The van der Waals surface area contributed by atoms with Crippen molar-refractivity contribution in [2.45, 2.75) is 57.7 Å². The van der Waals surface area contributed by atoms with E-state index in [1.807, 2.05) is 13.8 Å². The Bertz CT molecular complexity index is 1170. The van der Waals surface area contributed by atoms with Gasteiger partial charge in [-0.15, -0.1) is 0 Å². The van der Waals surface area contributed by atoms with E-state index in [9.17, 15) is 4.79 Å². The zero-order valence-electron chi connectivity index (χ0n) is 20.8. The van der Waals surface area contributed by atoms with Crippen LogP contribution in [0.2, 0.25) is 0 Å². The van der Waals surface area contributed by atoms with Crippen molar-refractivity contribution in [2.75, 3.05) is 36.5 Å². The maximum Gasteiger partial charge on any atom is 0.254 e. The molecule has 1 aliphatic carbocycles. The lowest BCUT2D eigenvalue weighted by molar-refractivity contribution is 0.0942. The van der Waals surface area contributed by atoms with Crippen LogP contribution in [0.1, 0.15) is 49.9 Å². The van der Waals surface area contributed by atoms with Gasteiger partial charge in [-0.05, 0) is 45.6 Å². The third kappa shape index (κ3) is 5.81. The van der Waals surface area contributed by atoms with Crippen molar-refractivity contribution in [3.8, 4) is 5.75 Å². The first-order valence-corrected chi connectivity index (χ1v) is 12.7. The van der Waals surface area contributed by atoms with Crippen LogP contribution < -0.4 is 20.3 Å². The van der Waals surface area contributed by atoms with Crippen molar-refractivity contribution in [2.24, 2.45) is 0 Å². The van der Waals surface area contributed by atoms with Gasteiger partial charge in [0.25, 0.3) is 5.91 Å². The van der Waals surface area contributed by atoms with E-state index < -0.39 is 0 Å². The van der Waals surface area contributed by atoms with Gasteiger partial charge >= 0.3 is 0 Å². The molecule has 0 bridgehead atoms. The Labute approximate surface area is 210 Å². The Morgan fingerprint density at radius 2 is 1.75 bits per heavy atom. The monoisotopic (exact) mass is 491 g/mol. The lowest BCUT2D eigenvalue weighted by Crippen LogP contribution is -2.36. The molecule has 3 aromatic rings. The van der Waals surface area contributed by atoms with Gasteiger partial charge in [0, 0.05) is 61.7 Å². The van der Waals surface area contributed by atoms with Crippen LogP contribution in [-0.2, 0) is 4.74 Å². The van der Waals surface area contributed by atoms with Gasteiger partial charge in [0.2, 0.25) is 5.95 Å². The van der Waals surface area contributed by atoms with Crippen LogP contribution in [0.5, 0.6) is 5.75 Å². The third-order valence-electron chi connectivity index (χ3n) is 6.53. The average Bonchev–Trinajstić information content (AvgIpc) is 2.90. The fraction of sp³-hybridized carbons (Fsp3) is 0.500. The molecule has 190 valence electrons. The van der Waals surface area contributed by atoms with E-state index in [0.29, 0.717) is 11.5 Å². The number of hydrogen-bond donors (Lipinski definition) is 2. The molecule has 10 nitrogen and oxygen atoms in total. The van der Waals surface area contributed by atoms with Crippen LogP contribution in [0.15, 0.2) is 36.9 Å². The molecule has 2 fully saturated rings. The normalized spacial score (nSPS) is 20.4. The van der Waals surface area contributed by atoms with E-state index in [1.165, 1.54) is 0 Å². The van der Waals surface area contributed by atoms with Gasteiger partial charge in [-0.1, -0.05) is 0 Å². The highest BCUT2D eigenvalue weighted by Gasteiger charge is 2.25. The van der Waals surface area contributed by atoms with E-state index in [1.54, 1.807) is 24.8 Å². The minimum Gasteiger partial charge on any atom is -0.488 e. The first kappa shape index (κ1) is 24.2. The van der Waals surface area contributed by atoms with Gasteiger partial charge in [-0.25, -0.2) is 15.0 Å². The summed E-state index contributed by atoms with van der Waals surface area (Å²) in [6.45, 7) is 7.00. The Morgan fingerprint density at radius 3 is 2.47 bits per heavy atom.